The Bertz CT molecular complexity index is 929. The highest BCUT2D eigenvalue weighted by atomic mass is 32.2. The Labute approximate surface area is 144 Å². The fraction of sp³-hybridized carbons (Fsp3) is 0.286. The first kappa shape index (κ1) is 18.4. The molecule has 10 nitrogen and oxygen atoms in total. The predicted octanol–water partition coefficient (Wildman–Crippen LogP) is 0.0474. The number of sulfonamides is 1. The van der Waals surface area contributed by atoms with Crippen LogP contribution in [0.25, 0.3) is 0 Å². The number of carbonyl (C=O) groups is 1. The van der Waals surface area contributed by atoms with E-state index in [0.717, 1.165) is 4.31 Å². The van der Waals surface area contributed by atoms with Crippen LogP contribution in [0, 0.1) is 11.3 Å². The zero-order chi connectivity index (χ0) is 18.6. The minimum Gasteiger partial charge on any atom is -0.495 e. The number of nitriles is 1. The average molecular weight is 364 g/mol. The van der Waals surface area contributed by atoms with Crippen LogP contribution in [0.2, 0.25) is 0 Å². The Kier molecular flexibility index (Phi) is 5.35. The molecule has 1 aromatic carbocycles. The van der Waals surface area contributed by atoms with Gasteiger partial charge in [-0.1, -0.05) is 0 Å². The van der Waals surface area contributed by atoms with E-state index in [1.807, 2.05) is 6.07 Å². The lowest BCUT2D eigenvalue weighted by molar-refractivity contribution is -0.116. The number of anilines is 1. The lowest BCUT2D eigenvalue weighted by atomic mass is 10.3. The third-order valence-electron chi connectivity index (χ3n) is 3.25. The maximum absolute atomic E-state index is 12.2. The van der Waals surface area contributed by atoms with Crippen LogP contribution in [0.4, 0.5) is 5.69 Å². The number of methoxy groups -OCH3 is 1. The highest BCUT2D eigenvalue weighted by Crippen LogP contribution is 2.28. The number of hydrogen-bond acceptors (Lipinski definition) is 7. The van der Waals surface area contributed by atoms with Crippen LogP contribution >= 0.6 is 0 Å². The Morgan fingerprint density at radius 3 is 2.76 bits per heavy atom. The van der Waals surface area contributed by atoms with Gasteiger partial charge in [0.05, 0.1) is 17.7 Å². The van der Waals surface area contributed by atoms with Gasteiger partial charge in [0.1, 0.15) is 24.7 Å². The fourth-order valence-corrected chi connectivity index (χ4v) is 2.89. The number of nitrogens with one attached hydrogen (secondary N) is 1. The fourth-order valence-electron chi connectivity index (χ4n) is 1.96. The van der Waals surface area contributed by atoms with Crippen LogP contribution in [0.5, 0.6) is 5.75 Å². The molecule has 132 valence electrons. The van der Waals surface area contributed by atoms with Crippen LogP contribution in [0.3, 0.4) is 0 Å². The van der Waals surface area contributed by atoms with Crippen LogP contribution in [-0.4, -0.2) is 54.6 Å². The smallest absolute Gasteiger partial charge is 0.244 e. The number of nitrogens with zero attached hydrogens (tertiary/aromatic N) is 5. The van der Waals surface area contributed by atoms with Crippen molar-refractivity contribution in [2.45, 2.75) is 11.4 Å². The second kappa shape index (κ2) is 7.29. The van der Waals surface area contributed by atoms with Gasteiger partial charge in [0.15, 0.2) is 0 Å². The number of ether oxygens (including phenoxy) is 1. The summed E-state index contributed by atoms with van der Waals surface area (Å²) in [4.78, 5) is 12.2. The average Bonchev–Trinajstić information content (AvgIpc) is 3.01. The molecule has 0 aliphatic rings. The second-order valence-electron chi connectivity index (χ2n) is 5.09. The summed E-state index contributed by atoms with van der Waals surface area (Å²) in [6, 6.07) is 5.95. The lowest BCUT2D eigenvalue weighted by Crippen LogP contribution is -2.23. The van der Waals surface area contributed by atoms with E-state index in [1.165, 1.54) is 50.3 Å². The Hall–Kier alpha value is -2.97. The molecule has 0 unspecified atom stereocenters. The molecule has 0 saturated carbocycles. The van der Waals surface area contributed by atoms with Gasteiger partial charge < -0.3 is 10.1 Å². The predicted molar refractivity (Wildman–Crippen MR) is 87.2 cm³/mol. The molecule has 0 atom stereocenters. The molecule has 1 amide bonds. The van der Waals surface area contributed by atoms with Gasteiger partial charge >= 0.3 is 0 Å². The molecule has 0 radical (unpaired) electrons. The molecule has 1 heterocycles. The van der Waals surface area contributed by atoms with Gasteiger partial charge in [-0.3, -0.25) is 9.36 Å². The van der Waals surface area contributed by atoms with Crippen molar-refractivity contribution in [2.75, 3.05) is 26.5 Å². The molecule has 0 saturated heterocycles. The minimum atomic E-state index is -3.66. The van der Waals surface area contributed by atoms with Gasteiger partial charge in [0.2, 0.25) is 21.8 Å². The summed E-state index contributed by atoms with van der Waals surface area (Å²) in [6.45, 7) is -0.205. The first-order valence-corrected chi connectivity index (χ1v) is 8.42. The molecule has 2 aromatic rings. The summed E-state index contributed by atoms with van der Waals surface area (Å²) >= 11 is 0. The minimum absolute atomic E-state index is 0.00829. The Morgan fingerprint density at radius 2 is 2.16 bits per heavy atom. The molecular weight excluding hydrogens is 348 g/mol. The van der Waals surface area contributed by atoms with Crippen molar-refractivity contribution >= 4 is 21.6 Å². The zero-order valence-corrected chi connectivity index (χ0v) is 14.6. The number of aromatic nitrogens is 3. The SMILES string of the molecule is COc1ccc(S(=O)(=O)N(C)C)cc1NC(=O)Cn1cnnc1C#N. The van der Waals surface area contributed by atoms with Gasteiger partial charge in [-0.2, -0.15) is 5.26 Å². The normalized spacial score (nSPS) is 11.2. The van der Waals surface area contributed by atoms with Crippen molar-refractivity contribution in [3.05, 3.63) is 30.4 Å². The summed E-state index contributed by atoms with van der Waals surface area (Å²) < 4.78 is 31.9. The highest BCUT2D eigenvalue weighted by molar-refractivity contribution is 7.89. The second-order valence-corrected chi connectivity index (χ2v) is 7.24. The van der Waals surface area contributed by atoms with E-state index in [9.17, 15) is 13.2 Å². The third kappa shape index (κ3) is 3.93. The molecule has 11 heteroatoms. The maximum Gasteiger partial charge on any atom is 0.244 e. The van der Waals surface area contributed by atoms with E-state index >= 15 is 0 Å². The van der Waals surface area contributed by atoms with Crippen molar-refractivity contribution in [3.8, 4) is 11.8 Å². The van der Waals surface area contributed by atoms with Crippen molar-refractivity contribution < 1.29 is 17.9 Å². The first-order valence-electron chi connectivity index (χ1n) is 6.98. The summed E-state index contributed by atoms with van der Waals surface area (Å²) in [7, 11) is 0.559. The molecule has 1 aromatic heterocycles. The van der Waals surface area contributed by atoms with Crippen LogP contribution in [0.1, 0.15) is 5.82 Å². The van der Waals surface area contributed by atoms with Crippen LogP contribution in [-0.2, 0) is 21.4 Å². The van der Waals surface area contributed by atoms with Gasteiger partial charge in [-0.05, 0) is 18.2 Å². The quantitative estimate of drug-likeness (QED) is 0.766. The molecule has 0 aliphatic heterocycles. The molecule has 25 heavy (non-hydrogen) atoms. The molecular formula is C14H16N6O4S. The van der Waals surface area contributed by atoms with Gasteiger partial charge in [0.25, 0.3) is 0 Å². The van der Waals surface area contributed by atoms with Crippen molar-refractivity contribution in [1.82, 2.24) is 19.1 Å². The van der Waals surface area contributed by atoms with E-state index < -0.39 is 15.9 Å². The first-order chi connectivity index (χ1) is 11.8. The molecule has 0 spiro atoms. The van der Waals surface area contributed by atoms with Crippen molar-refractivity contribution in [1.29, 1.82) is 5.26 Å². The monoisotopic (exact) mass is 364 g/mol. The summed E-state index contributed by atoms with van der Waals surface area (Å²) in [5.41, 5.74) is 0.196. The number of benzene rings is 1. The van der Waals surface area contributed by atoms with Crippen LogP contribution < -0.4 is 10.1 Å². The largest absolute Gasteiger partial charge is 0.495 e. The molecule has 1 N–H and O–H groups in total. The van der Waals surface area contributed by atoms with E-state index in [4.69, 9.17) is 10.00 Å². The van der Waals surface area contributed by atoms with E-state index in [1.54, 1.807) is 0 Å². The molecule has 0 fully saturated rings. The standard InChI is InChI=1S/C14H16N6O4S/c1-19(2)25(22,23)10-4-5-12(24-3)11(6-10)17-14(21)8-20-9-16-18-13(20)7-15/h4-6,9H,8H2,1-3H3,(H,17,21). The highest BCUT2D eigenvalue weighted by Gasteiger charge is 2.20. The maximum atomic E-state index is 12.2. The molecule has 0 bridgehead atoms. The van der Waals surface area contributed by atoms with Gasteiger partial charge in [-0.25, -0.2) is 12.7 Å². The van der Waals surface area contributed by atoms with Gasteiger partial charge in [0, 0.05) is 14.1 Å². The molecule has 0 aliphatic carbocycles. The zero-order valence-electron chi connectivity index (χ0n) is 13.8. The number of hydrogen-bond donors (Lipinski definition) is 1. The summed E-state index contributed by atoms with van der Waals surface area (Å²) in [5.74, 6) is -0.199. The Morgan fingerprint density at radius 1 is 1.44 bits per heavy atom. The van der Waals surface area contributed by atoms with Crippen molar-refractivity contribution in [2.24, 2.45) is 0 Å². The van der Waals surface area contributed by atoms with Crippen molar-refractivity contribution in [3.63, 3.8) is 0 Å². The van der Waals surface area contributed by atoms with Crippen LogP contribution in [0.15, 0.2) is 29.4 Å². The van der Waals surface area contributed by atoms with Gasteiger partial charge in [-0.15, -0.1) is 10.2 Å². The molecule has 2 rings (SSSR count). The number of amides is 1. The summed E-state index contributed by atoms with van der Waals surface area (Å²) in [6.07, 6.45) is 1.25. The Balaban J connectivity index is 2.29. The van der Waals surface area contributed by atoms with E-state index in [0.29, 0.717) is 5.75 Å². The topological polar surface area (TPSA) is 130 Å². The summed E-state index contributed by atoms with van der Waals surface area (Å²) in [5, 5.41) is 18.6. The number of rotatable bonds is 6. The third-order valence-corrected chi connectivity index (χ3v) is 5.06. The number of carbonyl (C=O) groups excluding carboxylic acids is 1. The van der Waals surface area contributed by atoms with E-state index in [-0.39, 0.29) is 23.0 Å². The lowest BCUT2D eigenvalue weighted by Gasteiger charge is -2.15. The van der Waals surface area contributed by atoms with E-state index in [2.05, 4.69) is 15.5 Å².